The van der Waals surface area contributed by atoms with Gasteiger partial charge < -0.3 is 9.84 Å². The van der Waals surface area contributed by atoms with E-state index < -0.39 is 5.79 Å². The second-order valence-corrected chi connectivity index (χ2v) is 4.41. The zero-order chi connectivity index (χ0) is 10.7. The maximum atomic E-state index is 10.2. The first kappa shape index (κ1) is 10.7. The van der Waals surface area contributed by atoms with Crippen molar-refractivity contribution in [1.29, 1.82) is 0 Å². The van der Waals surface area contributed by atoms with Crippen LogP contribution in [0.4, 0.5) is 0 Å². The van der Waals surface area contributed by atoms with Gasteiger partial charge in [-0.3, -0.25) is 0 Å². The summed E-state index contributed by atoms with van der Waals surface area (Å²) >= 11 is 0. The molecule has 1 aromatic carbocycles. The summed E-state index contributed by atoms with van der Waals surface area (Å²) < 4.78 is 5.64. The van der Waals surface area contributed by atoms with Gasteiger partial charge in [-0.05, 0) is 18.4 Å². The zero-order valence-electron chi connectivity index (χ0n) is 9.15. The van der Waals surface area contributed by atoms with Gasteiger partial charge in [0.2, 0.25) is 0 Å². The highest BCUT2D eigenvalue weighted by molar-refractivity contribution is 5.13. The standard InChI is InChI=1S/C13H18O2/c1-11-6-5-9-13(11,14)15-10-12-7-3-2-4-8-12/h2-4,7-8,11,14H,5-6,9-10H2,1H3. The Morgan fingerprint density at radius 3 is 2.73 bits per heavy atom. The maximum Gasteiger partial charge on any atom is 0.168 e. The molecule has 82 valence electrons. The predicted molar refractivity (Wildman–Crippen MR) is 59.2 cm³/mol. The van der Waals surface area contributed by atoms with Crippen LogP contribution >= 0.6 is 0 Å². The third-order valence-electron chi connectivity index (χ3n) is 3.27. The lowest BCUT2D eigenvalue weighted by molar-refractivity contribution is -0.228. The summed E-state index contributed by atoms with van der Waals surface area (Å²) in [6, 6.07) is 9.99. The van der Waals surface area contributed by atoms with E-state index in [1.807, 2.05) is 30.3 Å². The fraction of sp³-hybridized carbons (Fsp3) is 0.538. The van der Waals surface area contributed by atoms with Gasteiger partial charge in [-0.2, -0.15) is 0 Å². The number of rotatable bonds is 3. The first-order valence-corrected chi connectivity index (χ1v) is 5.61. The summed E-state index contributed by atoms with van der Waals surface area (Å²) in [5.74, 6) is -0.642. The molecule has 0 radical (unpaired) electrons. The van der Waals surface area contributed by atoms with E-state index in [2.05, 4.69) is 6.92 Å². The molecule has 2 atom stereocenters. The largest absolute Gasteiger partial charge is 0.365 e. The quantitative estimate of drug-likeness (QED) is 0.770. The van der Waals surface area contributed by atoms with E-state index in [4.69, 9.17) is 4.74 Å². The Morgan fingerprint density at radius 2 is 2.13 bits per heavy atom. The fourth-order valence-electron chi connectivity index (χ4n) is 2.13. The van der Waals surface area contributed by atoms with Crippen molar-refractivity contribution in [2.75, 3.05) is 0 Å². The van der Waals surface area contributed by atoms with Gasteiger partial charge in [0.1, 0.15) is 0 Å². The average Bonchev–Trinajstić information content (AvgIpc) is 2.59. The Kier molecular flexibility index (Phi) is 3.08. The number of hydrogen-bond donors (Lipinski definition) is 1. The van der Waals surface area contributed by atoms with Crippen LogP contribution in [0.15, 0.2) is 30.3 Å². The molecule has 0 saturated heterocycles. The van der Waals surface area contributed by atoms with Gasteiger partial charge in [0.15, 0.2) is 5.79 Å². The van der Waals surface area contributed by atoms with Gasteiger partial charge in [0.05, 0.1) is 6.61 Å². The van der Waals surface area contributed by atoms with Gasteiger partial charge >= 0.3 is 0 Å². The van der Waals surface area contributed by atoms with Crippen LogP contribution in [0.2, 0.25) is 0 Å². The molecule has 0 amide bonds. The molecule has 1 aliphatic carbocycles. The highest BCUT2D eigenvalue weighted by Gasteiger charge is 2.39. The van der Waals surface area contributed by atoms with E-state index in [1.54, 1.807) is 0 Å². The molecular formula is C13H18O2. The Morgan fingerprint density at radius 1 is 1.40 bits per heavy atom. The third-order valence-corrected chi connectivity index (χ3v) is 3.27. The Labute approximate surface area is 90.9 Å². The predicted octanol–water partition coefficient (Wildman–Crippen LogP) is 2.71. The molecular weight excluding hydrogens is 188 g/mol. The first-order valence-electron chi connectivity index (χ1n) is 5.61. The van der Waals surface area contributed by atoms with Crippen molar-refractivity contribution in [2.24, 2.45) is 5.92 Å². The molecule has 2 nitrogen and oxygen atoms in total. The Balaban J connectivity index is 1.93. The summed E-state index contributed by atoms with van der Waals surface area (Å²) in [4.78, 5) is 0. The summed E-state index contributed by atoms with van der Waals surface area (Å²) in [6.07, 6.45) is 2.89. The van der Waals surface area contributed by atoms with E-state index in [9.17, 15) is 5.11 Å². The van der Waals surface area contributed by atoms with E-state index in [1.165, 1.54) is 0 Å². The van der Waals surface area contributed by atoms with Crippen molar-refractivity contribution in [2.45, 2.75) is 38.6 Å². The van der Waals surface area contributed by atoms with Crippen LogP contribution in [0.25, 0.3) is 0 Å². The molecule has 1 fully saturated rings. The number of benzene rings is 1. The number of aliphatic hydroxyl groups is 1. The molecule has 0 aromatic heterocycles. The van der Waals surface area contributed by atoms with Gasteiger partial charge in [0, 0.05) is 12.3 Å². The van der Waals surface area contributed by atoms with Crippen molar-refractivity contribution in [3.63, 3.8) is 0 Å². The van der Waals surface area contributed by atoms with E-state index in [0.29, 0.717) is 6.61 Å². The first-order chi connectivity index (χ1) is 7.21. The normalized spacial score (nSPS) is 30.7. The molecule has 1 N–H and O–H groups in total. The molecule has 1 saturated carbocycles. The van der Waals surface area contributed by atoms with Gasteiger partial charge in [-0.25, -0.2) is 0 Å². The topological polar surface area (TPSA) is 29.5 Å². The van der Waals surface area contributed by atoms with E-state index in [-0.39, 0.29) is 5.92 Å². The lowest BCUT2D eigenvalue weighted by atomic mass is 10.1. The van der Waals surface area contributed by atoms with Crippen LogP contribution in [-0.2, 0) is 11.3 Å². The SMILES string of the molecule is CC1CCCC1(O)OCc1ccccc1. The van der Waals surface area contributed by atoms with Crippen LogP contribution in [0.1, 0.15) is 31.7 Å². The Hall–Kier alpha value is -0.860. The highest BCUT2D eigenvalue weighted by atomic mass is 16.6. The molecule has 0 spiro atoms. The van der Waals surface area contributed by atoms with Crippen molar-refractivity contribution in [3.05, 3.63) is 35.9 Å². The van der Waals surface area contributed by atoms with Crippen molar-refractivity contribution in [3.8, 4) is 0 Å². The van der Waals surface area contributed by atoms with Crippen LogP contribution in [-0.4, -0.2) is 10.9 Å². The van der Waals surface area contributed by atoms with Gasteiger partial charge in [-0.1, -0.05) is 37.3 Å². The Bertz CT molecular complexity index is 310. The molecule has 2 rings (SSSR count). The van der Waals surface area contributed by atoms with Crippen LogP contribution in [0.5, 0.6) is 0 Å². The molecule has 0 bridgehead atoms. The van der Waals surface area contributed by atoms with E-state index in [0.717, 1.165) is 24.8 Å². The monoisotopic (exact) mass is 206 g/mol. The lowest BCUT2D eigenvalue weighted by Crippen LogP contribution is -2.34. The summed E-state index contributed by atoms with van der Waals surface area (Å²) in [5.41, 5.74) is 1.12. The van der Waals surface area contributed by atoms with Crippen LogP contribution in [0, 0.1) is 5.92 Å². The summed E-state index contributed by atoms with van der Waals surface area (Å²) in [5, 5.41) is 10.2. The highest BCUT2D eigenvalue weighted by Crippen LogP contribution is 2.36. The second kappa shape index (κ2) is 4.33. The van der Waals surface area contributed by atoms with Crippen LogP contribution in [0.3, 0.4) is 0 Å². The molecule has 0 aliphatic heterocycles. The van der Waals surface area contributed by atoms with Gasteiger partial charge in [0.25, 0.3) is 0 Å². The minimum atomic E-state index is -0.893. The molecule has 1 aromatic rings. The second-order valence-electron chi connectivity index (χ2n) is 4.41. The molecule has 15 heavy (non-hydrogen) atoms. The summed E-state index contributed by atoms with van der Waals surface area (Å²) in [7, 11) is 0. The minimum absolute atomic E-state index is 0.251. The van der Waals surface area contributed by atoms with Gasteiger partial charge in [-0.15, -0.1) is 0 Å². The average molecular weight is 206 g/mol. The molecule has 1 aliphatic rings. The molecule has 2 heteroatoms. The number of hydrogen-bond acceptors (Lipinski definition) is 2. The minimum Gasteiger partial charge on any atom is -0.365 e. The smallest absolute Gasteiger partial charge is 0.168 e. The number of ether oxygens (including phenoxy) is 1. The lowest BCUT2D eigenvalue weighted by Gasteiger charge is -2.27. The van der Waals surface area contributed by atoms with E-state index >= 15 is 0 Å². The zero-order valence-corrected chi connectivity index (χ0v) is 9.15. The van der Waals surface area contributed by atoms with Crippen LogP contribution < -0.4 is 0 Å². The van der Waals surface area contributed by atoms with Crippen molar-refractivity contribution < 1.29 is 9.84 Å². The van der Waals surface area contributed by atoms with Crippen molar-refractivity contribution in [1.82, 2.24) is 0 Å². The summed E-state index contributed by atoms with van der Waals surface area (Å²) in [6.45, 7) is 2.56. The fourth-order valence-corrected chi connectivity index (χ4v) is 2.13. The molecule has 2 unspecified atom stereocenters. The third kappa shape index (κ3) is 2.39. The maximum absolute atomic E-state index is 10.2. The van der Waals surface area contributed by atoms with Crippen molar-refractivity contribution >= 4 is 0 Å². The molecule has 0 heterocycles.